The third-order valence-corrected chi connectivity index (χ3v) is 3.41. The van der Waals surface area contributed by atoms with Gasteiger partial charge < -0.3 is 4.74 Å². The van der Waals surface area contributed by atoms with E-state index in [-0.39, 0.29) is 5.78 Å². The molecule has 0 aliphatic rings. The van der Waals surface area contributed by atoms with Crippen LogP contribution >= 0.6 is 15.9 Å². The van der Waals surface area contributed by atoms with E-state index < -0.39 is 5.82 Å². The van der Waals surface area contributed by atoms with Gasteiger partial charge in [0.15, 0.2) is 5.78 Å². The van der Waals surface area contributed by atoms with Gasteiger partial charge in [0.25, 0.3) is 0 Å². The van der Waals surface area contributed by atoms with Crippen LogP contribution in [0.2, 0.25) is 0 Å². The third-order valence-electron chi connectivity index (χ3n) is 2.72. The topological polar surface area (TPSA) is 26.3 Å². The second kappa shape index (κ2) is 5.53. The lowest BCUT2D eigenvalue weighted by atomic mass is 10.0. The number of aryl methyl sites for hydroxylation is 1. The molecule has 2 aromatic rings. The highest BCUT2D eigenvalue weighted by atomic mass is 79.9. The summed E-state index contributed by atoms with van der Waals surface area (Å²) in [4.78, 5) is 12.4. The number of ketones is 1. The summed E-state index contributed by atoms with van der Waals surface area (Å²) in [5.74, 6) is -0.0737. The second-order valence-electron chi connectivity index (χ2n) is 4.19. The molecule has 0 spiro atoms. The van der Waals surface area contributed by atoms with E-state index in [0.29, 0.717) is 26.9 Å². The van der Waals surface area contributed by atoms with E-state index in [0.717, 1.165) is 0 Å². The maximum Gasteiger partial charge on any atom is 0.194 e. The predicted octanol–water partition coefficient (Wildman–Crippen LogP) is 4.14. The minimum absolute atomic E-state index is 0.242. The normalized spacial score (nSPS) is 10.3. The highest BCUT2D eigenvalue weighted by Gasteiger charge is 2.15. The van der Waals surface area contributed by atoms with E-state index in [1.165, 1.54) is 19.2 Å². The Morgan fingerprint density at radius 2 is 1.95 bits per heavy atom. The molecule has 0 heterocycles. The van der Waals surface area contributed by atoms with Crippen LogP contribution in [0.1, 0.15) is 21.5 Å². The summed E-state index contributed by atoms with van der Waals surface area (Å²) >= 11 is 3.32. The van der Waals surface area contributed by atoms with Crippen LogP contribution in [-0.4, -0.2) is 12.9 Å². The smallest absolute Gasteiger partial charge is 0.194 e. The molecule has 19 heavy (non-hydrogen) atoms. The molecule has 0 aromatic heterocycles. The van der Waals surface area contributed by atoms with Gasteiger partial charge in [-0.3, -0.25) is 4.79 Å². The van der Waals surface area contributed by atoms with Crippen LogP contribution in [-0.2, 0) is 0 Å². The Morgan fingerprint density at radius 3 is 2.58 bits per heavy atom. The van der Waals surface area contributed by atoms with Gasteiger partial charge in [0.1, 0.15) is 11.6 Å². The van der Waals surface area contributed by atoms with E-state index in [2.05, 4.69) is 15.9 Å². The van der Waals surface area contributed by atoms with Crippen LogP contribution in [0, 0.1) is 12.7 Å². The Morgan fingerprint density at radius 1 is 1.21 bits per heavy atom. The molecular formula is C15H12BrFO2. The number of methoxy groups -OCH3 is 1. The number of carbonyl (C=O) groups is 1. The van der Waals surface area contributed by atoms with Crippen LogP contribution in [0.5, 0.6) is 5.75 Å². The first-order valence-corrected chi connectivity index (χ1v) is 6.46. The quantitative estimate of drug-likeness (QED) is 0.794. The summed E-state index contributed by atoms with van der Waals surface area (Å²) < 4.78 is 19.1. The summed E-state index contributed by atoms with van der Waals surface area (Å²) in [6, 6.07) is 9.40. The average molecular weight is 323 g/mol. The summed E-state index contributed by atoms with van der Waals surface area (Å²) in [6.45, 7) is 1.75. The van der Waals surface area contributed by atoms with E-state index >= 15 is 0 Å². The molecule has 0 atom stereocenters. The lowest BCUT2D eigenvalue weighted by molar-refractivity contribution is 0.103. The fraction of sp³-hybridized carbons (Fsp3) is 0.133. The van der Waals surface area contributed by atoms with Crippen LogP contribution in [0.25, 0.3) is 0 Å². The number of halogens is 2. The fourth-order valence-corrected chi connectivity index (χ4v) is 2.25. The van der Waals surface area contributed by atoms with Crippen molar-refractivity contribution in [1.29, 1.82) is 0 Å². The standard InChI is InChI=1S/C15H12BrFO2/c1-9-5-10(7-11(17)6-9)15(18)13-8-12(19-2)3-4-14(13)16/h3-8H,1-2H3. The minimum Gasteiger partial charge on any atom is -0.497 e. The van der Waals surface area contributed by atoms with Crippen molar-refractivity contribution in [3.05, 3.63) is 63.4 Å². The largest absolute Gasteiger partial charge is 0.497 e. The summed E-state index contributed by atoms with van der Waals surface area (Å²) in [5.41, 5.74) is 1.48. The molecule has 2 aromatic carbocycles. The average Bonchev–Trinajstić information content (AvgIpc) is 2.37. The highest BCUT2D eigenvalue weighted by molar-refractivity contribution is 9.10. The molecular weight excluding hydrogens is 311 g/mol. The number of hydrogen-bond acceptors (Lipinski definition) is 2. The van der Waals surface area contributed by atoms with Gasteiger partial charge in [-0.25, -0.2) is 4.39 Å². The number of ether oxygens (including phenoxy) is 1. The van der Waals surface area contributed by atoms with Gasteiger partial charge in [0, 0.05) is 15.6 Å². The summed E-state index contributed by atoms with van der Waals surface area (Å²) in [6.07, 6.45) is 0. The van der Waals surface area contributed by atoms with Crippen molar-refractivity contribution in [2.24, 2.45) is 0 Å². The zero-order valence-electron chi connectivity index (χ0n) is 10.5. The zero-order chi connectivity index (χ0) is 14.0. The number of rotatable bonds is 3. The molecule has 2 rings (SSSR count). The zero-order valence-corrected chi connectivity index (χ0v) is 12.1. The molecule has 2 nitrogen and oxygen atoms in total. The molecule has 0 fully saturated rings. The number of carbonyl (C=O) groups excluding carboxylic acids is 1. The number of hydrogen-bond donors (Lipinski definition) is 0. The van der Waals surface area contributed by atoms with Crippen molar-refractivity contribution in [3.8, 4) is 5.75 Å². The van der Waals surface area contributed by atoms with Crippen LogP contribution in [0.15, 0.2) is 40.9 Å². The van der Waals surface area contributed by atoms with Gasteiger partial charge in [0.05, 0.1) is 7.11 Å². The van der Waals surface area contributed by atoms with Gasteiger partial charge in [-0.1, -0.05) is 15.9 Å². The van der Waals surface area contributed by atoms with Crippen molar-refractivity contribution < 1.29 is 13.9 Å². The van der Waals surface area contributed by atoms with Crippen molar-refractivity contribution in [2.75, 3.05) is 7.11 Å². The first-order chi connectivity index (χ1) is 9.01. The first kappa shape index (κ1) is 13.7. The second-order valence-corrected chi connectivity index (χ2v) is 5.05. The molecule has 0 aliphatic heterocycles. The summed E-state index contributed by atoms with van der Waals surface area (Å²) in [5, 5.41) is 0. The van der Waals surface area contributed by atoms with Crippen molar-refractivity contribution >= 4 is 21.7 Å². The predicted molar refractivity (Wildman–Crippen MR) is 75.3 cm³/mol. The molecule has 98 valence electrons. The maximum atomic E-state index is 13.4. The minimum atomic E-state index is -0.414. The van der Waals surface area contributed by atoms with Gasteiger partial charge in [-0.15, -0.1) is 0 Å². The van der Waals surface area contributed by atoms with Crippen LogP contribution in [0.4, 0.5) is 4.39 Å². The number of benzene rings is 2. The molecule has 0 N–H and O–H groups in total. The van der Waals surface area contributed by atoms with Crippen LogP contribution in [0.3, 0.4) is 0 Å². The van der Waals surface area contributed by atoms with Gasteiger partial charge in [-0.05, 0) is 48.9 Å². The Kier molecular flexibility index (Phi) is 4.00. The van der Waals surface area contributed by atoms with Crippen molar-refractivity contribution in [2.45, 2.75) is 6.92 Å². The molecule has 4 heteroatoms. The first-order valence-electron chi connectivity index (χ1n) is 5.66. The molecule has 0 saturated carbocycles. The van der Waals surface area contributed by atoms with Gasteiger partial charge >= 0.3 is 0 Å². The maximum absolute atomic E-state index is 13.4. The Hall–Kier alpha value is -1.68. The molecule has 0 radical (unpaired) electrons. The van der Waals surface area contributed by atoms with E-state index in [1.807, 2.05) is 0 Å². The fourth-order valence-electron chi connectivity index (χ4n) is 1.83. The van der Waals surface area contributed by atoms with Gasteiger partial charge in [0.2, 0.25) is 0 Å². The summed E-state index contributed by atoms with van der Waals surface area (Å²) in [7, 11) is 1.53. The lowest BCUT2D eigenvalue weighted by Crippen LogP contribution is -2.04. The molecule has 0 unspecified atom stereocenters. The lowest BCUT2D eigenvalue weighted by Gasteiger charge is -2.07. The van der Waals surface area contributed by atoms with E-state index in [9.17, 15) is 9.18 Å². The Balaban J connectivity index is 2.49. The Bertz CT molecular complexity index is 618. The van der Waals surface area contributed by atoms with Crippen LogP contribution < -0.4 is 4.74 Å². The third kappa shape index (κ3) is 3.01. The van der Waals surface area contributed by atoms with E-state index in [1.54, 1.807) is 31.2 Å². The van der Waals surface area contributed by atoms with Gasteiger partial charge in [-0.2, -0.15) is 0 Å². The molecule has 0 aliphatic carbocycles. The molecule has 0 amide bonds. The van der Waals surface area contributed by atoms with Crippen molar-refractivity contribution in [1.82, 2.24) is 0 Å². The molecule has 0 saturated heterocycles. The highest BCUT2D eigenvalue weighted by Crippen LogP contribution is 2.25. The van der Waals surface area contributed by atoms with E-state index in [4.69, 9.17) is 4.74 Å². The SMILES string of the molecule is COc1ccc(Br)c(C(=O)c2cc(C)cc(F)c2)c1. The monoisotopic (exact) mass is 322 g/mol. The van der Waals surface area contributed by atoms with Crippen molar-refractivity contribution in [3.63, 3.8) is 0 Å². The molecule has 0 bridgehead atoms. The Labute approximate surface area is 119 Å².